The average Bonchev–Trinajstić information content (AvgIpc) is 2.32. The van der Waals surface area contributed by atoms with Crippen LogP contribution in [-0.2, 0) is 0 Å². The molecule has 0 saturated carbocycles. The number of hydrogen-bond donors (Lipinski definition) is 1. The van der Waals surface area contributed by atoms with E-state index in [1.807, 2.05) is 0 Å². The maximum absolute atomic E-state index is 12.2. The summed E-state index contributed by atoms with van der Waals surface area (Å²) in [5.41, 5.74) is 1.25. The number of aryl methyl sites for hydroxylation is 1. The first kappa shape index (κ1) is 14.8. The van der Waals surface area contributed by atoms with E-state index in [0.29, 0.717) is 26.4 Å². The van der Waals surface area contributed by atoms with Crippen molar-refractivity contribution in [3.8, 4) is 5.69 Å². The van der Waals surface area contributed by atoms with Crippen molar-refractivity contribution in [3.05, 3.63) is 60.9 Å². The number of hydrogen-bond acceptors (Lipinski definition) is 2. The predicted molar refractivity (Wildman–Crippen MR) is 81.2 cm³/mol. The number of rotatable bonds is 2. The summed E-state index contributed by atoms with van der Waals surface area (Å²) in [5, 5.41) is 9.78. The van der Waals surface area contributed by atoms with E-state index in [-0.39, 0.29) is 11.1 Å². The highest BCUT2D eigenvalue weighted by molar-refractivity contribution is 9.10. The number of halogens is 2. The van der Waals surface area contributed by atoms with Crippen LogP contribution < -0.4 is 5.56 Å². The van der Waals surface area contributed by atoms with Gasteiger partial charge < -0.3 is 5.11 Å². The molecule has 2 rings (SSSR count). The molecule has 0 aliphatic carbocycles. The number of carboxylic acids is 1. The molecule has 1 aromatic heterocycles. The molecular weight excluding hydrogens is 346 g/mol. The Balaban J connectivity index is 2.80. The van der Waals surface area contributed by atoms with Crippen LogP contribution in [0.25, 0.3) is 5.69 Å². The number of benzene rings is 1. The van der Waals surface area contributed by atoms with Gasteiger partial charge in [0, 0.05) is 16.2 Å². The van der Waals surface area contributed by atoms with Crippen molar-refractivity contribution in [2.24, 2.45) is 0 Å². The van der Waals surface area contributed by atoms with E-state index in [1.54, 1.807) is 32.0 Å². The number of aromatic carboxylic acids is 1. The van der Waals surface area contributed by atoms with Gasteiger partial charge in [0.2, 0.25) is 0 Å². The average molecular weight is 357 g/mol. The summed E-state index contributed by atoms with van der Waals surface area (Å²) in [5.74, 6) is -1.05. The van der Waals surface area contributed by atoms with Crippen molar-refractivity contribution < 1.29 is 9.90 Å². The minimum atomic E-state index is -1.05. The van der Waals surface area contributed by atoms with E-state index in [2.05, 4.69) is 15.9 Å². The Bertz CT molecular complexity index is 768. The van der Waals surface area contributed by atoms with Crippen LogP contribution in [0.4, 0.5) is 0 Å². The molecule has 0 fully saturated rings. The van der Waals surface area contributed by atoms with Crippen LogP contribution in [0.2, 0.25) is 5.02 Å². The van der Waals surface area contributed by atoms with Gasteiger partial charge in [-0.3, -0.25) is 9.36 Å². The Kier molecular flexibility index (Phi) is 4.01. The SMILES string of the molecule is Cc1cc(=O)n(-c2ccc(Cl)c(Br)c2)c(C)c1C(=O)O. The van der Waals surface area contributed by atoms with Gasteiger partial charge in [0.1, 0.15) is 0 Å². The smallest absolute Gasteiger partial charge is 0.337 e. The van der Waals surface area contributed by atoms with E-state index in [0.717, 1.165) is 0 Å². The lowest BCUT2D eigenvalue weighted by Crippen LogP contribution is -2.24. The number of aromatic nitrogens is 1. The van der Waals surface area contributed by atoms with Crippen molar-refractivity contribution in [3.63, 3.8) is 0 Å². The van der Waals surface area contributed by atoms with Gasteiger partial charge in [-0.2, -0.15) is 0 Å². The van der Waals surface area contributed by atoms with Crippen LogP contribution >= 0.6 is 27.5 Å². The van der Waals surface area contributed by atoms with Crippen LogP contribution in [0, 0.1) is 13.8 Å². The van der Waals surface area contributed by atoms with Crippen molar-refractivity contribution in [1.29, 1.82) is 0 Å². The molecule has 2 aromatic rings. The quantitative estimate of drug-likeness (QED) is 0.895. The fourth-order valence-electron chi connectivity index (χ4n) is 2.15. The van der Waals surface area contributed by atoms with E-state index < -0.39 is 5.97 Å². The normalized spacial score (nSPS) is 10.6. The zero-order valence-corrected chi connectivity index (χ0v) is 13.1. The first-order valence-corrected chi connectivity index (χ1v) is 6.92. The van der Waals surface area contributed by atoms with Crippen molar-refractivity contribution in [2.45, 2.75) is 13.8 Å². The maximum Gasteiger partial charge on any atom is 0.337 e. The predicted octanol–water partition coefficient (Wildman–Crippen LogP) is 3.57. The molecule has 0 aliphatic rings. The molecule has 0 aliphatic heterocycles. The van der Waals surface area contributed by atoms with Crippen molar-refractivity contribution in [1.82, 2.24) is 4.57 Å². The molecule has 1 heterocycles. The molecule has 1 N–H and O–H groups in total. The summed E-state index contributed by atoms with van der Waals surface area (Å²) >= 11 is 9.22. The summed E-state index contributed by atoms with van der Waals surface area (Å²) in [6.45, 7) is 3.22. The highest BCUT2D eigenvalue weighted by Crippen LogP contribution is 2.25. The van der Waals surface area contributed by atoms with Crippen molar-refractivity contribution in [2.75, 3.05) is 0 Å². The molecule has 0 saturated heterocycles. The monoisotopic (exact) mass is 355 g/mol. The Morgan fingerprint density at radius 1 is 1.30 bits per heavy atom. The molecule has 1 aromatic carbocycles. The van der Waals surface area contributed by atoms with Gasteiger partial charge in [0.25, 0.3) is 5.56 Å². The van der Waals surface area contributed by atoms with E-state index in [1.165, 1.54) is 10.6 Å². The third-order valence-corrected chi connectivity index (χ3v) is 4.24. The van der Waals surface area contributed by atoms with E-state index in [9.17, 15) is 14.7 Å². The fraction of sp³-hybridized carbons (Fsp3) is 0.143. The van der Waals surface area contributed by atoms with Gasteiger partial charge in [0.15, 0.2) is 0 Å². The molecule has 0 unspecified atom stereocenters. The summed E-state index contributed by atoms with van der Waals surface area (Å²) < 4.78 is 2.00. The first-order chi connectivity index (χ1) is 9.32. The lowest BCUT2D eigenvalue weighted by molar-refractivity contribution is 0.0694. The minimum Gasteiger partial charge on any atom is -0.478 e. The molecule has 20 heavy (non-hydrogen) atoms. The lowest BCUT2D eigenvalue weighted by atomic mass is 10.1. The van der Waals surface area contributed by atoms with E-state index in [4.69, 9.17) is 11.6 Å². The molecule has 6 heteroatoms. The third-order valence-electron chi connectivity index (χ3n) is 3.03. The highest BCUT2D eigenvalue weighted by Gasteiger charge is 2.17. The molecule has 0 radical (unpaired) electrons. The lowest BCUT2D eigenvalue weighted by Gasteiger charge is -2.14. The molecule has 0 atom stereocenters. The molecule has 0 spiro atoms. The molecule has 0 bridgehead atoms. The van der Waals surface area contributed by atoms with Crippen LogP contribution in [0.3, 0.4) is 0 Å². The second-order valence-corrected chi connectivity index (χ2v) is 5.63. The Hall–Kier alpha value is -1.59. The van der Waals surface area contributed by atoms with Gasteiger partial charge in [-0.1, -0.05) is 11.6 Å². The van der Waals surface area contributed by atoms with Gasteiger partial charge in [0.05, 0.1) is 16.3 Å². The number of carbonyl (C=O) groups is 1. The largest absolute Gasteiger partial charge is 0.478 e. The fourth-order valence-corrected chi connectivity index (χ4v) is 2.64. The summed E-state index contributed by atoms with van der Waals surface area (Å²) in [6.07, 6.45) is 0. The van der Waals surface area contributed by atoms with Crippen LogP contribution in [0.5, 0.6) is 0 Å². The van der Waals surface area contributed by atoms with Crippen molar-refractivity contribution >= 4 is 33.5 Å². The second-order valence-electron chi connectivity index (χ2n) is 4.36. The topological polar surface area (TPSA) is 59.3 Å². The van der Waals surface area contributed by atoms with Gasteiger partial charge >= 0.3 is 5.97 Å². The van der Waals surface area contributed by atoms with E-state index >= 15 is 0 Å². The Morgan fingerprint density at radius 3 is 2.50 bits per heavy atom. The van der Waals surface area contributed by atoms with Gasteiger partial charge in [-0.05, 0) is 53.5 Å². The van der Waals surface area contributed by atoms with Gasteiger partial charge in [-0.25, -0.2) is 4.79 Å². The number of carboxylic acid groups (broad SMARTS) is 1. The Morgan fingerprint density at radius 2 is 1.95 bits per heavy atom. The van der Waals surface area contributed by atoms with Crippen LogP contribution in [0.15, 0.2) is 33.5 Å². The molecule has 104 valence electrons. The Labute approximate surface area is 128 Å². The highest BCUT2D eigenvalue weighted by atomic mass is 79.9. The summed E-state index contributed by atoms with van der Waals surface area (Å²) in [6, 6.07) is 6.31. The third kappa shape index (κ3) is 2.51. The summed E-state index contributed by atoms with van der Waals surface area (Å²) in [7, 11) is 0. The second kappa shape index (κ2) is 5.42. The molecular formula is C14H11BrClNO3. The summed E-state index contributed by atoms with van der Waals surface area (Å²) in [4.78, 5) is 23.5. The number of nitrogens with zero attached hydrogens (tertiary/aromatic N) is 1. The molecule has 4 nitrogen and oxygen atoms in total. The zero-order valence-electron chi connectivity index (χ0n) is 10.8. The maximum atomic E-state index is 12.2. The standard InChI is InChI=1S/C14H11BrClNO3/c1-7-5-12(18)17(8(2)13(7)14(19)20)9-3-4-11(16)10(15)6-9/h3-6H,1-2H3,(H,19,20). The zero-order chi connectivity index (χ0) is 15.0. The van der Waals surface area contributed by atoms with Gasteiger partial charge in [-0.15, -0.1) is 0 Å². The minimum absolute atomic E-state index is 0.135. The first-order valence-electron chi connectivity index (χ1n) is 5.75. The molecule has 0 amide bonds. The van der Waals surface area contributed by atoms with Crippen LogP contribution in [0.1, 0.15) is 21.6 Å². The van der Waals surface area contributed by atoms with Crippen LogP contribution in [-0.4, -0.2) is 15.6 Å². The number of pyridine rings is 1.